The van der Waals surface area contributed by atoms with Crippen LogP contribution in [0.2, 0.25) is 0 Å². The number of carbonyl (C=O) groups is 1. The fourth-order valence-electron chi connectivity index (χ4n) is 2.94. The molecule has 0 spiro atoms. The maximum absolute atomic E-state index is 12.6. The van der Waals surface area contributed by atoms with Crippen LogP contribution < -0.4 is 10.0 Å². The van der Waals surface area contributed by atoms with Gasteiger partial charge in [0.15, 0.2) is 0 Å². The number of anilines is 1. The lowest BCUT2D eigenvalue weighted by molar-refractivity contribution is -0.120. The average Bonchev–Trinajstić information content (AvgIpc) is 2.89. The highest BCUT2D eigenvalue weighted by atomic mass is 32.2. The molecule has 1 amide bonds. The third-order valence-electron chi connectivity index (χ3n) is 4.23. The Morgan fingerprint density at radius 2 is 2.16 bits per heavy atom. The van der Waals surface area contributed by atoms with Crippen molar-refractivity contribution in [3.63, 3.8) is 0 Å². The highest BCUT2D eigenvalue weighted by Crippen LogP contribution is 2.29. The van der Waals surface area contributed by atoms with Crippen LogP contribution in [0.5, 0.6) is 0 Å². The van der Waals surface area contributed by atoms with Gasteiger partial charge in [-0.3, -0.25) is 14.5 Å². The van der Waals surface area contributed by atoms with Crippen LogP contribution in [0.3, 0.4) is 0 Å². The van der Waals surface area contributed by atoms with Crippen LogP contribution >= 0.6 is 0 Å². The molecule has 2 atom stereocenters. The fraction of sp³-hybridized carbons (Fsp3) is 0.400. The number of pyridine rings is 1. The molecular weight excluding hydrogens is 344 g/mol. The molecule has 0 aliphatic carbocycles. The molecule has 1 fully saturated rings. The van der Waals surface area contributed by atoms with E-state index in [1.807, 2.05) is 6.92 Å². The Kier molecular flexibility index (Phi) is 4.58. The number of nitrogens with zero attached hydrogens (tertiary/aromatic N) is 4. The number of amides is 1. The van der Waals surface area contributed by atoms with Gasteiger partial charge in [0.25, 0.3) is 10.2 Å². The molecule has 134 valence electrons. The van der Waals surface area contributed by atoms with Gasteiger partial charge in [-0.25, -0.2) is 0 Å². The minimum Gasteiger partial charge on any atom is -0.323 e. The van der Waals surface area contributed by atoms with Gasteiger partial charge in [0.1, 0.15) is 6.04 Å². The van der Waals surface area contributed by atoms with Crippen LogP contribution in [0.1, 0.15) is 23.7 Å². The molecule has 0 radical (unpaired) electrons. The quantitative estimate of drug-likeness (QED) is 0.816. The molecule has 1 saturated heterocycles. The molecule has 9 nitrogen and oxygen atoms in total. The first-order valence-electron chi connectivity index (χ1n) is 7.74. The monoisotopic (exact) mass is 364 g/mol. The molecule has 3 heterocycles. The average molecular weight is 364 g/mol. The van der Waals surface area contributed by atoms with Crippen LogP contribution in [0.15, 0.2) is 30.7 Å². The molecule has 3 rings (SSSR count). The van der Waals surface area contributed by atoms with Crippen molar-refractivity contribution in [3.8, 4) is 0 Å². The van der Waals surface area contributed by atoms with E-state index in [-0.39, 0.29) is 0 Å². The zero-order chi connectivity index (χ0) is 18.2. The summed E-state index contributed by atoms with van der Waals surface area (Å²) in [6, 6.07) is 2.04. The maximum Gasteiger partial charge on any atom is 0.280 e. The number of nitrogens with one attached hydrogen (secondary N) is 2. The molecule has 1 aliphatic heterocycles. The Labute approximate surface area is 146 Å². The normalized spacial score (nSPS) is 23.3. The number of aromatic nitrogens is 3. The molecule has 25 heavy (non-hydrogen) atoms. The van der Waals surface area contributed by atoms with Gasteiger partial charge >= 0.3 is 0 Å². The SMILES string of the molecule is Cc1nn(C)cc1[C@@H]1C[C@H](C(=O)Nc2cccnc2)N(C)S(=O)(=O)N1. The summed E-state index contributed by atoms with van der Waals surface area (Å²) in [5, 5.41) is 6.97. The van der Waals surface area contributed by atoms with Gasteiger partial charge in [-0.15, -0.1) is 0 Å². The highest BCUT2D eigenvalue weighted by Gasteiger charge is 2.41. The molecule has 2 aromatic rings. The van der Waals surface area contributed by atoms with E-state index >= 15 is 0 Å². The second-order valence-corrected chi connectivity index (χ2v) is 7.78. The van der Waals surface area contributed by atoms with Crippen molar-refractivity contribution >= 4 is 21.8 Å². The van der Waals surface area contributed by atoms with Crippen LogP contribution in [0, 0.1) is 6.92 Å². The number of aryl methyl sites for hydroxylation is 2. The smallest absolute Gasteiger partial charge is 0.280 e. The van der Waals surface area contributed by atoms with E-state index in [1.54, 1.807) is 36.3 Å². The summed E-state index contributed by atoms with van der Waals surface area (Å²) < 4.78 is 30.2. The molecule has 2 aromatic heterocycles. The number of hydrogen-bond donors (Lipinski definition) is 2. The van der Waals surface area contributed by atoms with E-state index in [0.717, 1.165) is 15.6 Å². The van der Waals surface area contributed by atoms with E-state index < -0.39 is 28.2 Å². The minimum absolute atomic E-state index is 0.300. The molecule has 1 aliphatic rings. The maximum atomic E-state index is 12.6. The molecule has 0 aromatic carbocycles. The fourth-order valence-corrected chi connectivity index (χ4v) is 4.20. The topological polar surface area (TPSA) is 109 Å². The first-order valence-corrected chi connectivity index (χ1v) is 9.18. The lowest BCUT2D eigenvalue weighted by atomic mass is 10.00. The predicted octanol–water partition coefficient (Wildman–Crippen LogP) is 0.342. The van der Waals surface area contributed by atoms with Crippen molar-refractivity contribution < 1.29 is 13.2 Å². The first kappa shape index (κ1) is 17.5. The molecular formula is C15H20N6O3S. The molecule has 0 saturated carbocycles. The summed E-state index contributed by atoms with van der Waals surface area (Å²) in [4.78, 5) is 16.6. The molecule has 2 N–H and O–H groups in total. The third kappa shape index (κ3) is 3.55. The van der Waals surface area contributed by atoms with Crippen molar-refractivity contribution in [3.05, 3.63) is 42.0 Å². The summed E-state index contributed by atoms with van der Waals surface area (Å²) in [5.41, 5.74) is 2.01. The largest absolute Gasteiger partial charge is 0.323 e. The van der Waals surface area contributed by atoms with Crippen LogP contribution in [-0.2, 0) is 22.1 Å². The summed E-state index contributed by atoms with van der Waals surface area (Å²) in [7, 11) is -0.622. The Hall–Kier alpha value is -2.30. The van der Waals surface area contributed by atoms with Gasteiger partial charge in [0.2, 0.25) is 5.91 Å². The van der Waals surface area contributed by atoms with E-state index in [4.69, 9.17) is 0 Å². The number of likely N-dealkylation sites (N-methyl/N-ethyl adjacent to an activating group) is 1. The zero-order valence-electron chi connectivity index (χ0n) is 14.2. The summed E-state index contributed by atoms with van der Waals surface area (Å²) in [6.45, 7) is 1.81. The lowest BCUT2D eigenvalue weighted by Gasteiger charge is -2.36. The van der Waals surface area contributed by atoms with Crippen LogP contribution in [0.25, 0.3) is 0 Å². The number of hydrogen-bond acceptors (Lipinski definition) is 5. The van der Waals surface area contributed by atoms with Crippen molar-refractivity contribution in [1.82, 2.24) is 23.8 Å². The second kappa shape index (κ2) is 6.54. The minimum atomic E-state index is -3.78. The van der Waals surface area contributed by atoms with Gasteiger partial charge < -0.3 is 5.32 Å². The Balaban J connectivity index is 1.87. The van der Waals surface area contributed by atoms with Crippen molar-refractivity contribution in [2.45, 2.75) is 25.4 Å². The number of carbonyl (C=O) groups excluding carboxylic acids is 1. The van der Waals surface area contributed by atoms with E-state index in [1.165, 1.54) is 13.2 Å². The van der Waals surface area contributed by atoms with Crippen molar-refractivity contribution in [1.29, 1.82) is 0 Å². The van der Waals surface area contributed by atoms with E-state index in [0.29, 0.717) is 12.1 Å². The van der Waals surface area contributed by atoms with Crippen molar-refractivity contribution in [2.24, 2.45) is 7.05 Å². The lowest BCUT2D eigenvalue weighted by Crippen LogP contribution is -2.56. The van der Waals surface area contributed by atoms with Gasteiger partial charge in [0.05, 0.1) is 23.6 Å². The van der Waals surface area contributed by atoms with Crippen LogP contribution in [-0.4, -0.2) is 46.5 Å². The Morgan fingerprint density at radius 1 is 1.40 bits per heavy atom. The molecule has 0 bridgehead atoms. The van der Waals surface area contributed by atoms with Gasteiger partial charge in [-0.2, -0.15) is 22.5 Å². The van der Waals surface area contributed by atoms with Gasteiger partial charge in [-0.1, -0.05) is 0 Å². The van der Waals surface area contributed by atoms with E-state index in [2.05, 4.69) is 20.1 Å². The second-order valence-electron chi connectivity index (χ2n) is 6.02. The van der Waals surface area contributed by atoms with Gasteiger partial charge in [0, 0.05) is 32.1 Å². The zero-order valence-corrected chi connectivity index (χ0v) is 15.0. The van der Waals surface area contributed by atoms with Crippen LogP contribution in [0.4, 0.5) is 5.69 Å². The first-order chi connectivity index (χ1) is 11.8. The Bertz CT molecular complexity index is 880. The summed E-state index contributed by atoms with van der Waals surface area (Å²) in [6.07, 6.45) is 5.17. The Morgan fingerprint density at radius 3 is 2.76 bits per heavy atom. The predicted molar refractivity (Wildman–Crippen MR) is 91.8 cm³/mol. The van der Waals surface area contributed by atoms with Crippen molar-refractivity contribution in [2.75, 3.05) is 12.4 Å². The summed E-state index contributed by atoms with van der Waals surface area (Å²) in [5.74, 6) is -0.396. The third-order valence-corrected chi connectivity index (χ3v) is 5.82. The molecule has 0 unspecified atom stereocenters. The summed E-state index contributed by atoms with van der Waals surface area (Å²) >= 11 is 0. The molecule has 10 heteroatoms. The standard InChI is InChI=1S/C15H20N6O3S/c1-10-12(9-20(2)18-10)13-7-14(21(3)25(23,24)19-13)15(22)17-11-5-4-6-16-8-11/h4-6,8-9,13-14,19H,7H2,1-3H3,(H,17,22)/t13-,14+/m0/s1. The van der Waals surface area contributed by atoms with Gasteiger partial charge in [-0.05, 0) is 25.5 Å². The van der Waals surface area contributed by atoms with E-state index in [9.17, 15) is 13.2 Å². The number of rotatable bonds is 3. The highest BCUT2D eigenvalue weighted by molar-refractivity contribution is 7.87.